The second-order valence-corrected chi connectivity index (χ2v) is 11.7. The van der Waals surface area contributed by atoms with E-state index in [0.717, 1.165) is 22.6 Å². The summed E-state index contributed by atoms with van der Waals surface area (Å²) in [6.45, 7) is 10.4. The van der Waals surface area contributed by atoms with Gasteiger partial charge in [-0.1, -0.05) is 19.9 Å². The maximum Gasteiger partial charge on any atom is 0.251 e. The molecule has 156 valence electrons. The largest absolute Gasteiger partial charge is 0.331 e. The average Bonchev–Trinajstić information content (AvgIpc) is 3.23. The average molecular weight is 433 g/mol. The highest BCUT2D eigenvalue weighted by Gasteiger charge is 2.28. The summed E-state index contributed by atoms with van der Waals surface area (Å²) in [6.07, 6.45) is 7.96. The Labute approximate surface area is 177 Å². The quantitative estimate of drug-likeness (QED) is 0.603. The van der Waals surface area contributed by atoms with Crippen molar-refractivity contribution < 1.29 is 8.42 Å². The van der Waals surface area contributed by atoms with Crippen molar-refractivity contribution in [1.82, 2.24) is 19.3 Å². The summed E-state index contributed by atoms with van der Waals surface area (Å²) < 4.78 is 31.3. The number of pyridine rings is 1. The van der Waals surface area contributed by atoms with Gasteiger partial charge >= 0.3 is 0 Å². The highest BCUT2D eigenvalue weighted by molar-refractivity contribution is 7.91. The number of thiophene rings is 1. The maximum absolute atomic E-state index is 13.1. The third kappa shape index (κ3) is 5.74. The molecule has 1 N–H and O–H groups in total. The van der Waals surface area contributed by atoms with Crippen molar-refractivity contribution in [3.05, 3.63) is 53.7 Å². The molecule has 0 saturated carbocycles. The van der Waals surface area contributed by atoms with Gasteiger partial charge in [-0.3, -0.25) is 4.98 Å². The molecule has 0 aliphatic carbocycles. The van der Waals surface area contributed by atoms with E-state index in [-0.39, 0.29) is 0 Å². The minimum absolute atomic E-state index is 0.354. The van der Waals surface area contributed by atoms with Crippen molar-refractivity contribution in [3.63, 3.8) is 0 Å². The summed E-state index contributed by atoms with van der Waals surface area (Å²) in [4.78, 5) is 9.64. The van der Waals surface area contributed by atoms with Crippen LogP contribution < -0.4 is 4.72 Å². The van der Waals surface area contributed by atoms with Crippen LogP contribution >= 0.6 is 11.3 Å². The fourth-order valence-corrected chi connectivity index (χ4v) is 6.39. The molecule has 0 amide bonds. The second kappa shape index (κ2) is 8.38. The van der Waals surface area contributed by atoms with E-state index in [1.54, 1.807) is 18.7 Å². The number of hydrogen-bond donors (Lipinski definition) is 1. The number of nitrogens with one attached hydrogen (secondary N) is 1. The number of rotatable bonds is 7. The molecule has 3 aromatic heterocycles. The Hall–Kier alpha value is -2.03. The molecule has 6 nitrogen and oxygen atoms in total. The van der Waals surface area contributed by atoms with E-state index < -0.39 is 15.6 Å². The number of imidazole rings is 1. The maximum atomic E-state index is 13.1. The van der Waals surface area contributed by atoms with E-state index in [9.17, 15) is 8.42 Å². The Balaban J connectivity index is 1.97. The lowest BCUT2D eigenvalue weighted by Crippen LogP contribution is -2.40. The summed E-state index contributed by atoms with van der Waals surface area (Å²) in [5.74, 6) is 0.448. The molecule has 0 aliphatic heterocycles. The lowest BCUT2D eigenvalue weighted by molar-refractivity contribution is 0.493. The third-order valence-electron chi connectivity index (χ3n) is 4.08. The van der Waals surface area contributed by atoms with Gasteiger partial charge in [0.2, 0.25) is 0 Å². The molecule has 0 aliphatic rings. The molecule has 0 radical (unpaired) electrons. The van der Waals surface area contributed by atoms with Crippen molar-refractivity contribution in [1.29, 1.82) is 0 Å². The molecule has 0 spiro atoms. The Morgan fingerprint density at radius 3 is 2.55 bits per heavy atom. The fraction of sp³-hybridized carbons (Fsp3) is 0.429. The number of aromatic nitrogens is 3. The highest BCUT2D eigenvalue weighted by atomic mass is 32.2. The summed E-state index contributed by atoms with van der Waals surface area (Å²) in [5.41, 5.74) is 1.86. The van der Waals surface area contributed by atoms with Crippen LogP contribution in [0.3, 0.4) is 0 Å². The number of nitrogens with zero attached hydrogens (tertiary/aromatic N) is 3. The zero-order valence-electron chi connectivity index (χ0n) is 17.5. The van der Waals surface area contributed by atoms with Crippen molar-refractivity contribution in [2.24, 2.45) is 5.92 Å². The first-order valence-electron chi connectivity index (χ1n) is 9.61. The molecular weight excluding hydrogens is 404 g/mol. The van der Waals surface area contributed by atoms with Crippen LogP contribution in [0.15, 0.2) is 47.3 Å². The van der Waals surface area contributed by atoms with Gasteiger partial charge in [0.1, 0.15) is 4.21 Å². The molecule has 0 saturated heterocycles. The van der Waals surface area contributed by atoms with Crippen LogP contribution in [0.1, 0.15) is 45.2 Å². The van der Waals surface area contributed by atoms with Crippen molar-refractivity contribution in [2.75, 3.05) is 0 Å². The molecule has 3 heterocycles. The van der Waals surface area contributed by atoms with Crippen LogP contribution in [0.25, 0.3) is 11.1 Å². The van der Waals surface area contributed by atoms with Crippen LogP contribution in [0.5, 0.6) is 0 Å². The minimum Gasteiger partial charge on any atom is -0.331 e. The molecule has 0 fully saturated rings. The first-order valence-corrected chi connectivity index (χ1v) is 11.9. The lowest BCUT2D eigenvalue weighted by Gasteiger charge is -2.20. The van der Waals surface area contributed by atoms with Crippen LogP contribution in [0, 0.1) is 5.92 Å². The molecule has 0 atom stereocenters. The van der Waals surface area contributed by atoms with E-state index in [2.05, 4.69) is 28.5 Å². The van der Waals surface area contributed by atoms with Gasteiger partial charge in [-0.25, -0.2) is 18.1 Å². The highest BCUT2D eigenvalue weighted by Crippen LogP contribution is 2.36. The Morgan fingerprint density at radius 2 is 2.00 bits per heavy atom. The summed E-state index contributed by atoms with van der Waals surface area (Å²) in [5, 5.41) is 0. The molecule has 0 aromatic carbocycles. The predicted octanol–water partition coefficient (Wildman–Crippen LogP) is 4.33. The Bertz CT molecular complexity index is 1050. The SMILES string of the molecule is CC(C)Cc1cc(-c2ccc(Cn3ccnc3)nc2)c(S(=O)(=O)NC(C)(C)C)s1. The van der Waals surface area contributed by atoms with E-state index >= 15 is 0 Å². The summed E-state index contributed by atoms with van der Waals surface area (Å²) in [6, 6.07) is 5.87. The first kappa shape index (κ1) is 21.7. The normalized spacial score (nSPS) is 12.6. The van der Waals surface area contributed by atoms with Crippen LogP contribution in [0.2, 0.25) is 0 Å². The minimum atomic E-state index is -3.63. The summed E-state index contributed by atoms with van der Waals surface area (Å²) in [7, 11) is -3.63. The smallest absolute Gasteiger partial charge is 0.251 e. The second-order valence-electron chi connectivity index (χ2n) is 8.64. The molecule has 29 heavy (non-hydrogen) atoms. The zero-order chi connectivity index (χ0) is 21.2. The third-order valence-corrected chi connectivity index (χ3v) is 7.53. The van der Waals surface area contributed by atoms with Gasteiger partial charge in [0.05, 0.1) is 18.6 Å². The van der Waals surface area contributed by atoms with Gasteiger partial charge in [0.15, 0.2) is 0 Å². The predicted molar refractivity (Wildman–Crippen MR) is 117 cm³/mol. The van der Waals surface area contributed by atoms with Crippen LogP contribution in [-0.4, -0.2) is 28.5 Å². The van der Waals surface area contributed by atoms with Crippen molar-refractivity contribution >= 4 is 21.4 Å². The zero-order valence-corrected chi connectivity index (χ0v) is 19.1. The van der Waals surface area contributed by atoms with Gasteiger partial charge in [0.25, 0.3) is 10.0 Å². The van der Waals surface area contributed by atoms with E-state index in [1.807, 2.05) is 49.7 Å². The molecule has 8 heteroatoms. The van der Waals surface area contributed by atoms with Crippen LogP contribution in [0.4, 0.5) is 0 Å². The lowest BCUT2D eigenvalue weighted by atomic mass is 10.1. The first-order chi connectivity index (χ1) is 13.5. The van der Waals surface area contributed by atoms with Gasteiger partial charge in [0, 0.05) is 40.1 Å². The Kier molecular flexibility index (Phi) is 6.26. The van der Waals surface area contributed by atoms with Gasteiger partial charge < -0.3 is 4.57 Å². The molecular formula is C21H28N4O2S2. The number of sulfonamides is 1. The Morgan fingerprint density at radius 1 is 1.24 bits per heavy atom. The standard InChI is InChI=1S/C21H28N4O2S2/c1-15(2)10-18-11-19(20(28-18)29(26,27)24-21(3,4)5)16-6-7-17(23-12-16)13-25-9-8-22-14-25/h6-9,11-12,14-15,24H,10,13H2,1-5H3. The van der Waals surface area contributed by atoms with Crippen molar-refractivity contribution in [3.8, 4) is 11.1 Å². The summed E-state index contributed by atoms with van der Waals surface area (Å²) >= 11 is 1.35. The molecule has 3 aromatic rings. The van der Waals surface area contributed by atoms with Crippen LogP contribution in [-0.2, 0) is 23.0 Å². The fourth-order valence-electron chi connectivity index (χ4n) is 3.02. The van der Waals surface area contributed by atoms with Gasteiger partial charge in [-0.2, -0.15) is 0 Å². The molecule has 3 rings (SSSR count). The van der Waals surface area contributed by atoms with Crippen molar-refractivity contribution in [2.45, 2.75) is 57.3 Å². The van der Waals surface area contributed by atoms with E-state index in [1.165, 1.54) is 11.3 Å². The topological polar surface area (TPSA) is 76.9 Å². The monoisotopic (exact) mass is 432 g/mol. The van der Waals surface area contributed by atoms with Gasteiger partial charge in [-0.15, -0.1) is 11.3 Å². The number of hydrogen-bond acceptors (Lipinski definition) is 5. The molecule has 0 bridgehead atoms. The van der Waals surface area contributed by atoms with Gasteiger partial charge in [-0.05, 0) is 45.2 Å². The van der Waals surface area contributed by atoms with E-state index in [4.69, 9.17) is 0 Å². The van der Waals surface area contributed by atoms with E-state index in [0.29, 0.717) is 22.2 Å². The molecule has 0 unspecified atom stereocenters.